The number of nitrogens with zero attached hydrogens (tertiary/aromatic N) is 2. The van der Waals surface area contributed by atoms with Crippen LogP contribution < -0.4 is 16.0 Å². The van der Waals surface area contributed by atoms with E-state index in [0.717, 1.165) is 66.5 Å². The number of rotatable bonds is 17. The Balaban J connectivity index is 1.10. The van der Waals surface area contributed by atoms with Gasteiger partial charge < -0.3 is 30.9 Å². The van der Waals surface area contributed by atoms with Gasteiger partial charge in [0.2, 0.25) is 0 Å². The highest BCUT2D eigenvalue weighted by Crippen LogP contribution is 2.43. The van der Waals surface area contributed by atoms with Gasteiger partial charge in [-0.2, -0.15) is 0 Å². The largest absolute Gasteiger partial charge is 0.478 e. The van der Waals surface area contributed by atoms with Crippen LogP contribution in [0.4, 0.5) is 18.6 Å². The lowest BCUT2D eigenvalue weighted by atomic mass is 9.91. The summed E-state index contributed by atoms with van der Waals surface area (Å²) in [4.78, 5) is 43.2. The second-order valence-corrected chi connectivity index (χ2v) is 17.8. The van der Waals surface area contributed by atoms with Crippen LogP contribution in [0, 0.1) is 11.6 Å². The number of fused-ring (bicyclic) bond motifs is 1. The van der Waals surface area contributed by atoms with Crippen LogP contribution in [-0.2, 0) is 44.5 Å². The lowest BCUT2D eigenvalue weighted by Gasteiger charge is -2.47. The molecule has 3 amide bonds. The van der Waals surface area contributed by atoms with E-state index in [1.807, 2.05) is 23.1 Å². The summed E-state index contributed by atoms with van der Waals surface area (Å²) in [6.07, 6.45) is 6.33. The van der Waals surface area contributed by atoms with Crippen molar-refractivity contribution in [1.29, 1.82) is 0 Å². The Morgan fingerprint density at radius 1 is 0.883 bits per heavy atom. The SMILES string of the molecule is CC(O)(NCc1cc(F)c(CCc2ccc(C(=O)O)cc2)c(F)c1)c1c(NC(=O)c2cccc(CN3CCN(C(=O)NCCCCCO)CC3(C)C)c2)sc2c1CCCC2. The van der Waals surface area contributed by atoms with E-state index in [1.165, 1.54) is 35.6 Å². The van der Waals surface area contributed by atoms with Crippen LogP contribution in [0.25, 0.3) is 0 Å². The van der Waals surface area contributed by atoms with E-state index in [-0.39, 0.29) is 48.2 Å². The average molecular weight is 846 g/mol. The van der Waals surface area contributed by atoms with Gasteiger partial charge in [-0.3, -0.25) is 15.0 Å². The highest BCUT2D eigenvalue weighted by Gasteiger charge is 2.36. The Morgan fingerprint density at radius 3 is 2.32 bits per heavy atom. The number of hydrogen-bond donors (Lipinski definition) is 6. The molecule has 1 saturated heterocycles. The van der Waals surface area contributed by atoms with E-state index in [0.29, 0.717) is 60.8 Å². The fraction of sp³-hybridized carbons (Fsp3) is 0.457. The number of hydrogen-bond acceptors (Lipinski definition) is 8. The van der Waals surface area contributed by atoms with Gasteiger partial charge in [0.15, 0.2) is 0 Å². The van der Waals surface area contributed by atoms with Crippen molar-refractivity contribution in [1.82, 2.24) is 20.4 Å². The summed E-state index contributed by atoms with van der Waals surface area (Å²) >= 11 is 1.45. The van der Waals surface area contributed by atoms with Crippen molar-refractivity contribution in [2.45, 2.75) is 103 Å². The summed E-state index contributed by atoms with van der Waals surface area (Å²) in [6, 6.07) is 16.1. The zero-order chi connectivity index (χ0) is 43.0. The van der Waals surface area contributed by atoms with E-state index < -0.39 is 23.3 Å². The molecule has 3 aromatic carbocycles. The highest BCUT2D eigenvalue weighted by atomic mass is 32.1. The molecule has 4 aromatic rings. The van der Waals surface area contributed by atoms with Crippen molar-refractivity contribution in [3.63, 3.8) is 0 Å². The maximum atomic E-state index is 15.3. The van der Waals surface area contributed by atoms with Crippen LogP contribution in [0.3, 0.4) is 0 Å². The molecule has 60 heavy (non-hydrogen) atoms. The van der Waals surface area contributed by atoms with Crippen molar-refractivity contribution in [2.24, 2.45) is 0 Å². The molecule has 2 heterocycles. The predicted molar refractivity (Wildman–Crippen MR) is 229 cm³/mol. The third-order valence-electron chi connectivity index (χ3n) is 11.6. The zero-order valence-corrected chi connectivity index (χ0v) is 35.5. The summed E-state index contributed by atoms with van der Waals surface area (Å²) in [5.74, 6) is -2.76. The van der Waals surface area contributed by atoms with Crippen LogP contribution in [0.5, 0.6) is 0 Å². The summed E-state index contributed by atoms with van der Waals surface area (Å²) in [7, 11) is 0. The number of thiophene rings is 1. The first kappa shape index (κ1) is 44.8. The van der Waals surface area contributed by atoms with Gasteiger partial charge in [0, 0.05) is 73.0 Å². The third-order valence-corrected chi connectivity index (χ3v) is 12.8. The number of nitrogens with one attached hydrogen (secondary N) is 3. The molecule has 1 aromatic heterocycles. The number of aliphatic hydroxyl groups is 2. The van der Waals surface area contributed by atoms with Crippen LogP contribution in [0.15, 0.2) is 60.7 Å². The van der Waals surface area contributed by atoms with Gasteiger partial charge in [-0.1, -0.05) is 24.3 Å². The van der Waals surface area contributed by atoms with E-state index in [1.54, 1.807) is 25.1 Å². The maximum Gasteiger partial charge on any atom is 0.335 e. The Morgan fingerprint density at radius 2 is 1.62 bits per heavy atom. The number of carboxylic acid groups (broad SMARTS) is 1. The highest BCUT2D eigenvalue weighted by molar-refractivity contribution is 7.16. The van der Waals surface area contributed by atoms with Gasteiger partial charge in [-0.25, -0.2) is 18.4 Å². The molecule has 11 nitrogen and oxygen atoms in total. The number of aromatic carboxylic acids is 1. The molecule has 0 radical (unpaired) electrons. The monoisotopic (exact) mass is 845 g/mol. The molecule has 1 unspecified atom stereocenters. The minimum absolute atomic E-state index is 0.0431. The van der Waals surface area contributed by atoms with Gasteiger partial charge >= 0.3 is 12.0 Å². The first-order chi connectivity index (χ1) is 28.6. The molecule has 6 N–H and O–H groups in total. The molecular weight excluding hydrogens is 789 g/mol. The quantitative estimate of drug-likeness (QED) is 0.0476. The van der Waals surface area contributed by atoms with Crippen LogP contribution >= 0.6 is 11.3 Å². The van der Waals surface area contributed by atoms with Gasteiger partial charge in [0.25, 0.3) is 5.91 Å². The molecule has 14 heteroatoms. The van der Waals surface area contributed by atoms with E-state index in [9.17, 15) is 19.5 Å². The third kappa shape index (κ3) is 11.1. The number of amides is 3. The summed E-state index contributed by atoms with van der Waals surface area (Å²) in [5, 5.41) is 39.8. The smallest absolute Gasteiger partial charge is 0.335 e. The number of carbonyl (C=O) groups is 3. The fourth-order valence-corrected chi connectivity index (χ4v) is 9.58. The van der Waals surface area contributed by atoms with Gasteiger partial charge in [-0.05, 0) is 137 Å². The zero-order valence-electron chi connectivity index (χ0n) is 34.7. The fourth-order valence-electron chi connectivity index (χ4n) is 8.20. The number of halogens is 2. The maximum absolute atomic E-state index is 15.3. The first-order valence-corrected chi connectivity index (χ1v) is 21.7. The molecule has 0 bridgehead atoms. The normalized spacial score (nSPS) is 16.2. The number of carboxylic acids is 1. The van der Waals surface area contributed by atoms with E-state index >= 15 is 8.78 Å². The molecule has 0 spiro atoms. The molecule has 1 atom stereocenters. The standard InChI is InChI=1S/C46H57F2N5O6S/c1-45(2)29-52(44(58)49-20-7-4-8-23-54)21-22-53(45)28-31-10-9-11-34(24-31)41(55)51-42-40(36-12-5-6-13-39(36)60-42)46(3,59)50-27-32-25-37(47)35(38(48)26-32)19-16-30-14-17-33(18-15-30)43(56)57/h9-11,14-15,17-18,24-26,50,54,59H,4-8,12-13,16,19-23,27-29H2,1-3H3,(H,49,58)(H,51,55)(H,56,57). The number of benzene rings is 3. The number of urea groups is 1. The number of carbonyl (C=O) groups excluding carboxylic acids is 2. The summed E-state index contributed by atoms with van der Waals surface area (Å²) < 4.78 is 30.6. The summed E-state index contributed by atoms with van der Waals surface area (Å²) in [5.41, 5.74) is 2.15. The lowest BCUT2D eigenvalue weighted by molar-refractivity contribution is 0.0179. The molecule has 2 aliphatic rings. The predicted octanol–water partition coefficient (Wildman–Crippen LogP) is 7.36. The molecule has 0 saturated carbocycles. The molecule has 1 aliphatic carbocycles. The molecule has 322 valence electrons. The number of aliphatic hydroxyl groups excluding tert-OH is 1. The minimum Gasteiger partial charge on any atom is -0.478 e. The number of unbranched alkanes of at least 4 members (excludes halogenated alkanes) is 2. The average Bonchev–Trinajstić information content (AvgIpc) is 3.59. The number of aryl methyl sites for hydroxylation is 2. The number of anilines is 1. The molecule has 6 rings (SSSR count). The molecular formula is C46H57F2N5O6S. The molecule has 1 aliphatic heterocycles. The van der Waals surface area contributed by atoms with E-state index in [4.69, 9.17) is 10.2 Å². The van der Waals surface area contributed by atoms with Crippen molar-refractivity contribution < 1.29 is 38.5 Å². The topological polar surface area (TPSA) is 154 Å². The second-order valence-electron chi connectivity index (χ2n) is 16.7. The number of piperazine rings is 1. The van der Waals surface area contributed by atoms with Crippen LogP contribution in [0.2, 0.25) is 0 Å². The minimum atomic E-state index is -1.65. The second kappa shape index (κ2) is 19.8. The Labute approximate surface area is 354 Å². The molecule has 1 fully saturated rings. The van der Waals surface area contributed by atoms with Crippen molar-refractivity contribution >= 4 is 34.2 Å². The Bertz CT molecular complexity index is 2130. The van der Waals surface area contributed by atoms with Gasteiger partial charge in [0.1, 0.15) is 22.4 Å². The Hall–Kier alpha value is -4.73. The van der Waals surface area contributed by atoms with Gasteiger partial charge in [-0.15, -0.1) is 11.3 Å². The van der Waals surface area contributed by atoms with Gasteiger partial charge in [0.05, 0.1) is 5.56 Å². The van der Waals surface area contributed by atoms with Crippen LogP contribution in [0.1, 0.15) is 112 Å². The lowest BCUT2D eigenvalue weighted by Crippen LogP contribution is -2.61. The van der Waals surface area contributed by atoms with Crippen molar-refractivity contribution in [3.05, 3.63) is 122 Å². The van der Waals surface area contributed by atoms with Crippen molar-refractivity contribution in [2.75, 3.05) is 38.1 Å². The summed E-state index contributed by atoms with van der Waals surface area (Å²) in [6.45, 7) is 8.91. The Kier molecular flexibility index (Phi) is 14.8. The first-order valence-electron chi connectivity index (χ1n) is 20.9. The van der Waals surface area contributed by atoms with Crippen molar-refractivity contribution in [3.8, 4) is 0 Å². The van der Waals surface area contributed by atoms with E-state index in [2.05, 4.69) is 34.7 Å². The van der Waals surface area contributed by atoms with Crippen LogP contribution in [-0.4, -0.2) is 81.4 Å².